The summed E-state index contributed by atoms with van der Waals surface area (Å²) in [5.41, 5.74) is 0.972. The zero-order valence-electron chi connectivity index (χ0n) is 12.5. The molecule has 2 aromatic rings. The SMILES string of the molecule is CCCN(CC)C(=O)NCc1ccc(-n2ccnc2)nc1. The molecule has 0 unspecified atom stereocenters. The van der Waals surface area contributed by atoms with Gasteiger partial charge in [-0.15, -0.1) is 0 Å². The standard InChI is InChI=1S/C15H21N5O/c1-3-8-19(4-2)15(21)18-11-13-5-6-14(17-10-13)20-9-7-16-12-20/h5-7,9-10,12H,3-4,8,11H2,1-2H3,(H,18,21). The van der Waals surface area contributed by atoms with Crippen molar-refractivity contribution in [3.05, 3.63) is 42.6 Å². The molecular weight excluding hydrogens is 266 g/mol. The summed E-state index contributed by atoms with van der Waals surface area (Å²) in [6.45, 7) is 6.03. The molecule has 0 aliphatic rings. The Morgan fingerprint density at radius 3 is 2.81 bits per heavy atom. The lowest BCUT2D eigenvalue weighted by Crippen LogP contribution is -2.39. The number of urea groups is 1. The number of rotatable bonds is 6. The van der Waals surface area contributed by atoms with E-state index in [1.165, 1.54) is 0 Å². The lowest BCUT2D eigenvalue weighted by atomic mass is 10.3. The Bertz CT molecular complexity index is 550. The highest BCUT2D eigenvalue weighted by molar-refractivity contribution is 5.74. The van der Waals surface area contributed by atoms with Crippen molar-refractivity contribution in [3.63, 3.8) is 0 Å². The highest BCUT2D eigenvalue weighted by atomic mass is 16.2. The van der Waals surface area contributed by atoms with Crippen molar-refractivity contribution in [2.45, 2.75) is 26.8 Å². The highest BCUT2D eigenvalue weighted by Crippen LogP contribution is 2.05. The molecule has 0 fully saturated rings. The second kappa shape index (κ2) is 7.42. The average Bonchev–Trinajstić information content (AvgIpc) is 3.05. The number of amides is 2. The van der Waals surface area contributed by atoms with Crippen LogP contribution < -0.4 is 5.32 Å². The van der Waals surface area contributed by atoms with Crippen LogP contribution in [0.1, 0.15) is 25.8 Å². The van der Waals surface area contributed by atoms with Crippen molar-refractivity contribution >= 4 is 6.03 Å². The molecule has 0 saturated carbocycles. The van der Waals surface area contributed by atoms with Crippen LogP contribution in [0.5, 0.6) is 0 Å². The minimum absolute atomic E-state index is 0.0296. The third-order valence-electron chi connectivity index (χ3n) is 3.18. The van der Waals surface area contributed by atoms with Gasteiger partial charge in [-0.3, -0.25) is 4.57 Å². The van der Waals surface area contributed by atoms with Gasteiger partial charge in [0.2, 0.25) is 0 Å². The molecule has 0 saturated heterocycles. The molecule has 0 radical (unpaired) electrons. The number of hydrogen-bond donors (Lipinski definition) is 1. The Morgan fingerprint density at radius 1 is 1.38 bits per heavy atom. The second-order valence-electron chi connectivity index (χ2n) is 4.73. The fraction of sp³-hybridized carbons (Fsp3) is 0.400. The summed E-state index contributed by atoms with van der Waals surface area (Å²) in [5, 5.41) is 2.92. The topological polar surface area (TPSA) is 63.1 Å². The van der Waals surface area contributed by atoms with E-state index in [2.05, 4.69) is 22.2 Å². The van der Waals surface area contributed by atoms with E-state index >= 15 is 0 Å². The first-order valence-corrected chi connectivity index (χ1v) is 7.20. The van der Waals surface area contributed by atoms with Gasteiger partial charge in [-0.1, -0.05) is 13.0 Å². The van der Waals surface area contributed by atoms with Gasteiger partial charge in [0.25, 0.3) is 0 Å². The van der Waals surface area contributed by atoms with E-state index in [1.807, 2.05) is 29.8 Å². The van der Waals surface area contributed by atoms with E-state index in [9.17, 15) is 4.79 Å². The van der Waals surface area contributed by atoms with Gasteiger partial charge in [-0.05, 0) is 25.0 Å². The summed E-state index contributed by atoms with van der Waals surface area (Å²) in [4.78, 5) is 22.1. The number of hydrogen-bond acceptors (Lipinski definition) is 3. The molecule has 2 amide bonds. The predicted molar refractivity (Wildman–Crippen MR) is 81.1 cm³/mol. The summed E-state index contributed by atoms with van der Waals surface area (Å²) in [6, 6.07) is 3.84. The molecule has 0 atom stereocenters. The second-order valence-corrected chi connectivity index (χ2v) is 4.73. The first-order chi connectivity index (χ1) is 10.2. The number of carbonyl (C=O) groups is 1. The van der Waals surface area contributed by atoms with E-state index < -0.39 is 0 Å². The molecular formula is C15H21N5O. The largest absolute Gasteiger partial charge is 0.334 e. The first-order valence-electron chi connectivity index (χ1n) is 7.20. The molecule has 21 heavy (non-hydrogen) atoms. The van der Waals surface area contributed by atoms with Gasteiger partial charge >= 0.3 is 6.03 Å². The minimum Gasteiger partial charge on any atom is -0.334 e. The Morgan fingerprint density at radius 2 is 2.24 bits per heavy atom. The van der Waals surface area contributed by atoms with Crippen LogP contribution in [-0.4, -0.2) is 38.6 Å². The maximum Gasteiger partial charge on any atom is 0.317 e. The monoisotopic (exact) mass is 287 g/mol. The Labute approximate surface area is 124 Å². The third-order valence-corrected chi connectivity index (χ3v) is 3.18. The zero-order valence-corrected chi connectivity index (χ0v) is 12.5. The van der Waals surface area contributed by atoms with Crippen molar-refractivity contribution < 1.29 is 4.79 Å². The van der Waals surface area contributed by atoms with Gasteiger partial charge in [0.1, 0.15) is 12.1 Å². The van der Waals surface area contributed by atoms with Crippen LogP contribution in [0.15, 0.2) is 37.1 Å². The summed E-state index contributed by atoms with van der Waals surface area (Å²) >= 11 is 0. The van der Waals surface area contributed by atoms with Crippen molar-refractivity contribution in [2.75, 3.05) is 13.1 Å². The molecule has 2 heterocycles. The summed E-state index contributed by atoms with van der Waals surface area (Å²) < 4.78 is 1.84. The molecule has 0 aromatic carbocycles. The number of pyridine rings is 1. The van der Waals surface area contributed by atoms with E-state index in [1.54, 1.807) is 23.6 Å². The summed E-state index contributed by atoms with van der Waals surface area (Å²) in [5.74, 6) is 0.809. The molecule has 1 N–H and O–H groups in total. The molecule has 112 valence electrons. The first kappa shape index (κ1) is 15.0. The van der Waals surface area contributed by atoms with Crippen LogP contribution >= 0.6 is 0 Å². The van der Waals surface area contributed by atoms with Crippen molar-refractivity contribution in [1.29, 1.82) is 0 Å². The van der Waals surface area contributed by atoms with Gasteiger partial charge in [0, 0.05) is 38.2 Å². The average molecular weight is 287 g/mol. The lowest BCUT2D eigenvalue weighted by molar-refractivity contribution is 0.200. The number of nitrogens with zero attached hydrogens (tertiary/aromatic N) is 4. The summed E-state index contributed by atoms with van der Waals surface area (Å²) in [7, 11) is 0. The Hall–Kier alpha value is -2.37. The number of aromatic nitrogens is 3. The normalized spacial score (nSPS) is 10.4. The van der Waals surface area contributed by atoms with E-state index in [0.717, 1.165) is 30.9 Å². The number of carbonyl (C=O) groups excluding carboxylic acids is 1. The maximum absolute atomic E-state index is 12.0. The van der Waals surface area contributed by atoms with Crippen LogP contribution in [0.25, 0.3) is 5.82 Å². The van der Waals surface area contributed by atoms with Crippen LogP contribution in [-0.2, 0) is 6.54 Å². The molecule has 0 aliphatic heterocycles. The van der Waals surface area contributed by atoms with Crippen LogP contribution in [0, 0.1) is 0 Å². The van der Waals surface area contributed by atoms with Crippen LogP contribution in [0.4, 0.5) is 4.79 Å². The summed E-state index contributed by atoms with van der Waals surface area (Å²) in [6.07, 6.45) is 7.98. The smallest absolute Gasteiger partial charge is 0.317 e. The van der Waals surface area contributed by atoms with Gasteiger partial charge < -0.3 is 10.2 Å². The quantitative estimate of drug-likeness (QED) is 0.886. The van der Waals surface area contributed by atoms with Crippen LogP contribution in [0.2, 0.25) is 0 Å². The third kappa shape index (κ3) is 4.05. The molecule has 6 nitrogen and oxygen atoms in total. The number of nitrogens with one attached hydrogen (secondary N) is 1. The fourth-order valence-corrected chi connectivity index (χ4v) is 2.03. The van der Waals surface area contributed by atoms with Crippen molar-refractivity contribution in [3.8, 4) is 5.82 Å². The van der Waals surface area contributed by atoms with Gasteiger partial charge in [0.15, 0.2) is 0 Å². The van der Waals surface area contributed by atoms with E-state index in [4.69, 9.17) is 0 Å². The predicted octanol–water partition coefficient (Wildman–Crippen LogP) is 2.21. The molecule has 0 bridgehead atoms. The van der Waals surface area contributed by atoms with Crippen molar-refractivity contribution in [2.24, 2.45) is 0 Å². The zero-order chi connectivity index (χ0) is 15.1. The lowest BCUT2D eigenvalue weighted by Gasteiger charge is -2.20. The van der Waals surface area contributed by atoms with E-state index in [-0.39, 0.29) is 6.03 Å². The maximum atomic E-state index is 12.0. The van der Waals surface area contributed by atoms with Crippen molar-refractivity contribution in [1.82, 2.24) is 24.8 Å². The van der Waals surface area contributed by atoms with Gasteiger partial charge in [0.05, 0.1) is 0 Å². The Kier molecular flexibility index (Phi) is 5.31. The number of imidazole rings is 1. The molecule has 2 aromatic heterocycles. The van der Waals surface area contributed by atoms with E-state index in [0.29, 0.717) is 6.54 Å². The molecule has 6 heteroatoms. The van der Waals surface area contributed by atoms with Gasteiger partial charge in [-0.2, -0.15) is 0 Å². The molecule has 0 aliphatic carbocycles. The molecule has 2 rings (SSSR count). The van der Waals surface area contributed by atoms with Gasteiger partial charge in [-0.25, -0.2) is 14.8 Å². The highest BCUT2D eigenvalue weighted by Gasteiger charge is 2.09. The minimum atomic E-state index is -0.0296. The van der Waals surface area contributed by atoms with Crippen LogP contribution in [0.3, 0.4) is 0 Å². The fourth-order valence-electron chi connectivity index (χ4n) is 2.03. The Balaban J connectivity index is 1.90. The molecule has 0 spiro atoms.